The SMILES string of the molecule is O=C1CCC(N2C(=O)c3cccc(NCCNc4cc(N5CCN(c6cccc(C(F)(F)F)c6)CC5)ncn4)c3C2=O)C(=O)N1. The summed E-state index contributed by atoms with van der Waals surface area (Å²) in [6.45, 7) is 2.96. The van der Waals surface area contributed by atoms with Crippen LogP contribution in [0.2, 0.25) is 0 Å². The molecule has 12 nitrogen and oxygen atoms in total. The van der Waals surface area contributed by atoms with Crippen molar-refractivity contribution in [1.82, 2.24) is 20.2 Å². The summed E-state index contributed by atoms with van der Waals surface area (Å²) < 4.78 is 39.4. The van der Waals surface area contributed by atoms with Crippen molar-refractivity contribution in [3.8, 4) is 0 Å². The first-order chi connectivity index (χ1) is 21.6. The molecule has 1 atom stereocenters. The second kappa shape index (κ2) is 12.1. The third-order valence-electron chi connectivity index (χ3n) is 8.01. The maximum absolute atomic E-state index is 13.3. The number of fused-ring (bicyclic) bond motifs is 1. The Hall–Kier alpha value is -5.21. The summed E-state index contributed by atoms with van der Waals surface area (Å²) in [5, 5.41) is 8.56. The van der Waals surface area contributed by atoms with Crippen molar-refractivity contribution in [2.45, 2.75) is 25.1 Å². The quantitative estimate of drug-likeness (QED) is 0.254. The van der Waals surface area contributed by atoms with Gasteiger partial charge in [0.1, 0.15) is 24.0 Å². The molecule has 2 saturated heterocycles. The number of rotatable bonds is 8. The average Bonchev–Trinajstić information content (AvgIpc) is 3.29. The van der Waals surface area contributed by atoms with Gasteiger partial charge >= 0.3 is 6.18 Å². The molecule has 3 aliphatic rings. The van der Waals surface area contributed by atoms with Gasteiger partial charge in [-0.15, -0.1) is 0 Å². The molecule has 6 rings (SSSR count). The Morgan fingerprint density at radius 1 is 0.867 bits per heavy atom. The van der Waals surface area contributed by atoms with Gasteiger partial charge in [-0.05, 0) is 36.8 Å². The number of nitrogens with zero attached hydrogens (tertiary/aromatic N) is 5. The third-order valence-corrected chi connectivity index (χ3v) is 8.01. The summed E-state index contributed by atoms with van der Waals surface area (Å²) in [6.07, 6.45) is -2.84. The molecular weight excluding hydrogens is 593 g/mol. The molecule has 0 aliphatic carbocycles. The summed E-state index contributed by atoms with van der Waals surface area (Å²) in [5.74, 6) is -1.01. The van der Waals surface area contributed by atoms with Crippen LogP contribution < -0.4 is 25.8 Å². The van der Waals surface area contributed by atoms with Crippen LogP contribution in [0.1, 0.15) is 39.1 Å². The van der Waals surface area contributed by atoms with Crippen molar-refractivity contribution in [3.63, 3.8) is 0 Å². The van der Waals surface area contributed by atoms with E-state index in [1.54, 1.807) is 24.3 Å². The lowest BCUT2D eigenvalue weighted by Crippen LogP contribution is -2.54. The van der Waals surface area contributed by atoms with Crippen LogP contribution in [0.5, 0.6) is 0 Å². The Morgan fingerprint density at radius 3 is 2.36 bits per heavy atom. The lowest BCUT2D eigenvalue weighted by molar-refractivity contribution is -0.138. The first-order valence-electron chi connectivity index (χ1n) is 14.4. The Morgan fingerprint density at radius 2 is 1.60 bits per heavy atom. The van der Waals surface area contributed by atoms with E-state index in [0.29, 0.717) is 62.3 Å². The monoisotopic (exact) mass is 622 g/mol. The number of halogens is 3. The Labute approximate surface area is 255 Å². The minimum absolute atomic E-state index is 0.0430. The normalized spacial score (nSPS) is 18.6. The van der Waals surface area contributed by atoms with Crippen LogP contribution in [0.4, 0.5) is 36.2 Å². The van der Waals surface area contributed by atoms with Crippen LogP contribution in [0, 0.1) is 0 Å². The van der Waals surface area contributed by atoms with E-state index < -0.39 is 41.4 Å². The van der Waals surface area contributed by atoms with Gasteiger partial charge < -0.3 is 20.4 Å². The van der Waals surface area contributed by atoms with E-state index in [-0.39, 0.29) is 24.0 Å². The number of carbonyl (C=O) groups excluding carboxylic acids is 4. The second-order valence-corrected chi connectivity index (χ2v) is 10.8. The Balaban J connectivity index is 1.03. The molecule has 4 heterocycles. The molecule has 0 saturated carbocycles. The minimum atomic E-state index is -4.39. The highest BCUT2D eigenvalue weighted by molar-refractivity contribution is 6.25. The van der Waals surface area contributed by atoms with Gasteiger partial charge in [0.25, 0.3) is 11.8 Å². The Kier molecular flexibility index (Phi) is 7.99. The van der Waals surface area contributed by atoms with Crippen LogP contribution in [0.3, 0.4) is 0 Å². The summed E-state index contributed by atoms with van der Waals surface area (Å²) in [6, 6.07) is 10.9. The van der Waals surface area contributed by atoms with Crippen molar-refractivity contribution in [2.75, 3.05) is 59.7 Å². The van der Waals surface area contributed by atoms with E-state index in [1.807, 2.05) is 9.80 Å². The number of alkyl halides is 3. The molecule has 3 N–H and O–H groups in total. The standard InChI is InChI=1S/C30H29F3N8O4/c31-30(32,33)18-3-1-4-19(15-18)39-11-13-40(14-12-39)24-16-23(36-17-37-24)35-10-9-34-21-6-2-5-20-26(21)29(45)41(28(20)44)22-7-8-25(42)38-27(22)43/h1-6,15-17,22,34H,7-14H2,(H,35,36,37)(H,38,42,43). The topological polar surface area (TPSA) is 140 Å². The first kappa shape index (κ1) is 29.8. The second-order valence-electron chi connectivity index (χ2n) is 10.8. The van der Waals surface area contributed by atoms with Gasteiger partial charge in [0, 0.05) is 63.1 Å². The molecule has 3 aromatic rings. The number of hydrogen-bond donors (Lipinski definition) is 3. The number of carbonyl (C=O) groups is 4. The van der Waals surface area contributed by atoms with Gasteiger partial charge in [0.05, 0.1) is 16.7 Å². The predicted octanol–water partition coefficient (Wildman–Crippen LogP) is 2.75. The average molecular weight is 623 g/mol. The molecule has 0 radical (unpaired) electrons. The first-order valence-corrected chi connectivity index (χ1v) is 14.4. The lowest BCUT2D eigenvalue weighted by atomic mass is 10.0. The maximum atomic E-state index is 13.3. The van der Waals surface area contributed by atoms with Crippen molar-refractivity contribution in [1.29, 1.82) is 0 Å². The zero-order chi connectivity index (χ0) is 31.7. The van der Waals surface area contributed by atoms with E-state index in [4.69, 9.17) is 0 Å². The molecule has 1 unspecified atom stereocenters. The molecule has 2 aromatic carbocycles. The fourth-order valence-electron chi connectivity index (χ4n) is 5.74. The summed E-state index contributed by atoms with van der Waals surface area (Å²) in [7, 11) is 0. The molecule has 0 spiro atoms. The van der Waals surface area contributed by atoms with E-state index >= 15 is 0 Å². The number of anilines is 4. The molecule has 15 heteroatoms. The molecule has 234 valence electrons. The highest BCUT2D eigenvalue weighted by Crippen LogP contribution is 2.33. The zero-order valence-corrected chi connectivity index (χ0v) is 23.9. The zero-order valence-electron chi connectivity index (χ0n) is 23.9. The van der Waals surface area contributed by atoms with Crippen molar-refractivity contribution >= 4 is 46.6 Å². The molecule has 1 aromatic heterocycles. The van der Waals surface area contributed by atoms with Crippen LogP contribution in [-0.2, 0) is 15.8 Å². The van der Waals surface area contributed by atoms with Gasteiger partial charge in [0.15, 0.2) is 0 Å². The van der Waals surface area contributed by atoms with Crippen molar-refractivity contribution in [2.24, 2.45) is 0 Å². The van der Waals surface area contributed by atoms with Crippen LogP contribution in [-0.4, -0.2) is 83.8 Å². The number of benzene rings is 2. The van der Waals surface area contributed by atoms with Crippen molar-refractivity contribution < 1.29 is 32.3 Å². The van der Waals surface area contributed by atoms with Crippen LogP contribution >= 0.6 is 0 Å². The van der Waals surface area contributed by atoms with Gasteiger partial charge in [-0.1, -0.05) is 12.1 Å². The number of nitrogens with one attached hydrogen (secondary N) is 3. The van der Waals surface area contributed by atoms with Crippen LogP contribution in [0.25, 0.3) is 0 Å². The van der Waals surface area contributed by atoms with E-state index in [2.05, 4.69) is 25.9 Å². The molecule has 0 bridgehead atoms. The number of imide groups is 2. The van der Waals surface area contributed by atoms with Gasteiger partial charge in [-0.3, -0.25) is 29.4 Å². The fourth-order valence-corrected chi connectivity index (χ4v) is 5.74. The Bertz CT molecular complexity index is 1660. The lowest BCUT2D eigenvalue weighted by Gasteiger charge is -2.37. The molecular formula is C30H29F3N8O4. The number of piperidine rings is 1. The predicted molar refractivity (Wildman–Crippen MR) is 158 cm³/mol. The fraction of sp³-hybridized carbons (Fsp3) is 0.333. The molecule has 4 amide bonds. The van der Waals surface area contributed by atoms with Crippen LogP contribution in [0.15, 0.2) is 54.9 Å². The van der Waals surface area contributed by atoms with E-state index in [1.165, 1.54) is 24.5 Å². The summed E-state index contributed by atoms with van der Waals surface area (Å²) in [4.78, 5) is 63.7. The highest BCUT2D eigenvalue weighted by atomic mass is 19.4. The smallest absolute Gasteiger partial charge is 0.383 e. The number of aromatic nitrogens is 2. The number of amides is 4. The third kappa shape index (κ3) is 6.10. The van der Waals surface area contributed by atoms with Gasteiger partial charge in [0.2, 0.25) is 11.8 Å². The molecule has 2 fully saturated rings. The van der Waals surface area contributed by atoms with Gasteiger partial charge in [-0.25, -0.2) is 9.97 Å². The maximum Gasteiger partial charge on any atom is 0.416 e. The minimum Gasteiger partial charge on any atom is -0.383 e. The summed E-state index contributed by atoms with van der Waals surface area (Å²) in [5.41, 5.74) is 0.678. The summed E-state index contributed by atoms with van der Waals surface area (Å²) >= 11 is 0. The molecule has 3 aliphatic heterocycles. The van der Waals surface area contributed by atoms with E-state index in [0.717, 1.165) is 11.0 Å². The van der Waals surface area contributed by atoms with E-state index in [9.17, 15) is 32.3 Å². The number of hydrogen-bond acceptors (Lipinski definition) is 10. The largest absolute Gasteiger partial charge is 0.416 e. The van der Waals surface area contributed by atoms with Crippen molar-refractivity contribution in [3.05, 3.63) is 71.5 Å². The molecule has 45 heavy (non-hydrogen) atoms. The highest BCUT2D eigenvalue weighted by Gasteiger charge is 2.45. The number of piperazine rings is 1. The van der Waals surface area contributed by atoms with Gasteiger partial charge in [-0.2, -0.15) is 13.2 Å².